The third-order valence-corrected chi connectivity index (χ3v) is 5.16. The quantitative estimate of drug-likeness (QED) is 0.837. The van der Waals surface area contributed by atoms with Crippen LogP contribution in [0, 0.1) is 13.8 Å². The Morgan fingerprint density at radius 1 is 1.11 bits per heavy atom. The molecule has 0 saturated carbocycles. The van der Waals surface area contributed by atoms with E-state index in [0.717, 1.165) is 37.1 Å². The monoisotopic (exact) mass is 386 g/mol. The number of likely N-dealkylation sites (tertiary alicyclic amines) is 1. The Labute approximate surface area is 164 Å². The van der Waals surface area contributed by atoms with E-state index in [0.29, 0.717) is 22.0 Å². The van der Waals surface area contributed by atoms with Crippen molar-refractivity contribution in [1.82, 2.24) is 4.90 Å². The number of ether oxygens (including phenoxy) is 1. The Kier molecular flexibility index (Phi) is 6.01. The summed E-state index contributed by atoms with van der Waals surface area (Å²) in [7, 11) is 0. The molecular weight excluding hydrogens is 364 g/mol. The van der Waals surface area contributed by atoms with Crippen molar-refractivity contribution in [2.45, 2.75) is 26.7 Å². The molecule has 5 nitrogen and oxygen atoms in total. The zero-order valence-corrected chi connectivity index (χ0v) is 16.3. The lowest BCUT2D eigenvalue weighted by Crippen LogP contribution is -2.27. The van der Waals surface area contributed by atoms with E-state index >= 15 is 0 Å². The second-order valence-corrected chi connectivity index (χ2v) is 7.17. The predicted molar refractivity (Wildman–Crippen MR) is 107 cm³/mol. The summed E-state index contributed by atoms with van der Waals surface area (Å²) in [5.74, 6) is 0.320. The minimum absolute atomic E-state index is 0.00645. The van der Waals surface area contributed by atoms with Crippen LogP contribution in [0.1, 0.15) is 34.3 Å². The van der Waals surface area contributed by atoms with Gasteiger partial charge in [0.1, 0.15) is 5.75 Å². The van der Waals surface area contributed by atoms with Crippen molar-refractivity contribution < 1.29 is 14.3 Å². The molecule has 2 aromatic rings. The Hall–Kier alpha value is -2.53. The van der Waals surface area contributed by atoms with Crippen LogP contribution in [0.2, 0.25) is 5.02 Å². The molecule has 0 aromatic heterocycles. The van der Waals surface area contributed by atoms with E-state index < -0.39 is 0 Å². The summed E-state index contributed by atoms with van der Waals surface area (Å²) in [6.07, 6.45) is 2.09. The number of aryl methyl sites for hydroxylation is 2. The maximum atomic E-state index is 12.5. The highest BCUT2D eigenvalue weighted by Crippen LogP contribution is 2.25. The van der Waals surface area contributed by atoms with E-state index in [1.807, 2.05) is 18.7 Å². The normalized spacial score (nSPS) is 13.5. The highest BCUT2D eigenvalue weighted by atomic mass is 35.5. The lowest BCUT2D eigenvalue weighted by molar-refractivity contribution is -0.118. The van der Waals surface area contributed by atoms with Crippen LogP contribution < -0.4 is 10.1 Å². The van der Waals surface area contributed by atoms with Crippen LogP contribution in [-0.2, 0) is 4.79 Å². The smallest absolute Gasteiger partial charge is 0.262 e. The van der Waals surface area contributed by atoms with Crippen molar-refractivity contribution in [1.29, 1.82) is 0 Å². The Morgan fingerprint density at radius 2 is 1.78 bits per heavy atom. The lowest BCUT2D eigenvalue weighted by atomic mass is 10.1. The zero-order valence-electron chi connectivity index (χ0n) is 15.5. The third kappa shape index (κ3) is 4.80. The summed E-state index contributed by atoms with van der Waals surface area (Å²) in [5, 5.41) is 3.48. The van der Waals surface area contributed by atoms with Crippen molar-refractivity contribution in [3.8, 4) is 5.75 Å². The van der Waals surface area contributed by atoms with Gasteiger partial charge < -0.3 is 15.0 Å². The van der Waals surface area contributed by atoms with E-state index in [4.69, 9.17) is 16.3 Å². The number of halogens is 1. The molecule has 1 aliphatic rings. The molecule has 1 heterocycles. The number of hydrogen-bond acceptors (Lipinski definition) is 3. The number of rotatable bonds is 5. The molecule has 0 unspecified atom stereocenters. The molecule has 3 rings (SSSR count). The standard InChI is InChI=1S/C21H23ClN2O3/c1-14-10-18(11-15(2)20(14)22)27-13-19(25)23-17-7-5-6-16(12-17)21(26)24-8-3-4-9-24/h5-7,10-12H,3-4,8-9,13H2,1-2H3,(H,23,25). The molecule has 0 radical (unpaired) electrons. The summed E-state index contributed by atoms with van der Waals surface area (Å²) >= 11 is 6.14. The van der Waals surface area contributed by atoms with Gasteiger partial charge in [-0.25, -0.2) is 0 Å². The summed E-state index contributed by atoms with van der Waals surface area (Å²) in [6.45, 7) is 5.26. The van der Waals surface area contributed by atoms with Gasteiger partial charge in [0.15, 0.2) is 6.61 Å². The van der Waals surface area contributed by atoms with Gasteiger partial charge in [0.05, 0.1) is 0 Å². The van der Waals surface area contributed by atoms with Gasteiger partial charge in [-0.1, -0.05) is 17.7 Å². The van der Waals surface area contributed by atoms with Crippen LogP contribution in [0.5, 0.6) is 5.75 Å². The molecule has 2 aromatic carbocycles. The largest absolute Gasteiger partial charge is 0.484 e. The SMILES string of the molecule is Cc1cc(OCC(=O)Nc2cccc(C(=O)N3CCCC3)c2)cc(C)c1Cl. The van der Waals surface area contributed by atoms with Crippen LogP contribution in [-0.4, -0.2) is 36.4 Å². The maximum absolute atomic E-state index is 12.5. The van der Waals surface area contributed by atoms with Gasteiger partial charge in [0.2, 0.25) is 0 Å². The van der Waals surface area contributed by atoms with Gasteiger partial charge >= 0.3 is 0 Å². The first-order chi connectivity index (χ1) is 12.9. The van der Waals surface area contributed by atoms with Gasteiger partial charge in [0, 0.05) is 29.4 Å². The molecule has 0 atom stereocenters. The minimum atomic E-state index is -0.286. The first kappa shape index (κ1) is 19.2. The number of nitrogens with one attached hydrogen (secondary N) is 1. The van der Waals surface area contributed by atoms with Crippen LogP contribution >= 0.6 is 11.6 Å². The molecule has 1 aliphatic heterocycles. The van der Waals surface area contributed by atoms with Gasteiger partial charge in [0.25, 0.3) is 11.8 Å². The average molecular weight is 387 g/mol. The van der Waals surface area contributed by atoms with Crippen molar-refractivity contribution in [2.24, 2.45) is 0 Å². The first-order valence-corrected chi connectivity index (χ1v) is 9.40. The number of nitrogens with zero attached hydrogens (tertiary/aromatic N) is 1. The molecule has 142 valence electrons. The van der Waals surface area contributed by atoms with E-state index in [1.165, 1.54) is 0 Å². The van der Waals surface area contributed by atoms with E-state index in [1.54, 1.807) is 36.4 Å². The molecule has 0 spiro atoms. The number of anilines is 1. The number of carbonyl (C=O) groups excluding carboxylic acids is 2. The van der Waals surface area contributed by atoms with Crippen LogP contribution in [0.25, 0.3) is 0 Å². The number of amides is 2. The van der Waals surface area contributed by atoms with Crippen molar-refractivity contribution in [2.75, 3.05) is 25.0 Å². The molecule has 1 saturated heterocycles. The summed E-state index contributed by atoms with van der Waals surface area (Å²) in [5.41, 5.74) is 2.97. The van der Waals surface area contributed by atoms with Gasteiger partial charge in [-0.15, -0.1) is 0 Å². The number of hydrogen-bond donors (Lipinski definition) is 1. The molecule has 6 heteroatoms. The Morgan fingerprint density at radius 3 is 2.44 bits per heavy atom. The summed E-state index contributed by atoms with van der Waals surface area (Å²) < 4.78 is 5.57. The molecular formula is C21H23ClN2O3. The molecule has 1 N–H and O–H groups in total. The van der Waals surface area contributed by atoms with Crippen LogP contribution in [0.3, 0.4) is 0 Å². The van der Waals surface area contributed by atoms with Crippen LogP contribution in [0.4, 0.5) is 5.69 Å². The highest BCUT2D eigenvalue weighted by Gasteiger charge is 2.19. The molecule has 0 aliphatic carbocycles. The van der Waals surface area contributed by atoms with Crippen LogP contribution in [0.15, 0.2) is 36.4 Å². The number of benzene rings is 2. The maximum Gasteiger partial charge on any atom is 0.262 e. The number of carbonyl (C=O) groups is 2. The third-order valence-electron chi connectivity index (χ3n) is 4.57. The van der Waals surface area contributed by atoms with E-state index in [2.05, 4.69) is 5.32 Å². The molecule has 2 amide bonds. The highest BCUT2D eigenvalue weighted by molar-refractivity contribution is 6.32. The van der Waals surface area contributed by atoms with E-state index in [9.17, 15) is 9.59 Å². The zero-order chi connectivity index (χ0) is 19.4. The van der Waals surface area contributed by atoms with Crippen molar-refractivity contribution in [3.05, 3.63) is 58.1 Å². The first-order valence-electron chi connectivity index (χ1n) is 9.03. The van der Waals surface area contributed by atoms with Gasteiger partial charge in [-0.3, -0.25) is 9.59 Å². The fourth-order valence-electron chi connectivity index (χ4n) is 3.17. The van der Waals surface area contributed by atoms with Crippen molar-refractivity contribution in [3.63, 3.8) is 0 Å². The fraction of sp³-hybridized carbons (Fsp3) is 0.333. The second-order valence-electron chi connectivity index (χ2n) is 6.79. The average Bonchev–Trinajstić information content (AvgIpc) is 3.18. The Bertz CT molecular complexity index is 837. The lowest BCUT2D eigenvalue weighted by Gasteiger charge is -2.16. The molecule has 27 heavy (non-hydrogen) atoms. The van der Waals surface area contributed by atoms with Gasteiger partial charge in [-0.05, 0) is 68.1 Å². The second kappa shape index (κ2) is 8.44. The Balaban J connectivity index is 1.59. The van der Waals surface area contributed by atoms with Crippen molar-refractivity contribution >= 4 is 29.1 Å². The van der Waals surface area contributed by atoms with Gasteiger partial charge in [-0.2, -0.15) is 0 Å². The predicted octanol–water partition coefficient (Wildman–Crippen LogP) is 4.21. The summed E-state index contributed by atoms with van der Waals surface area (Å²) in [6, 6.07) is 10.6. The fourth-order valence-corrected chi connectivity index (χ4v) is 3.28. The topological polar surface area (TPSA) is 58.6 Å². The van der Waals surface area contributed by atoms with E-state index in [-0.39, 0.29) is 18.4 Å². The summed E-state index contributed by atoms with van der Waals surface area (Å²) in [4.78, 5) is 26.5. The minimum Gasteiger partial charge on any atom is -0.484 e. The molecule has 0 bridgehead atoms. The molecule has 1 fully saturated rings.